The third-order valence-electron chi connectivity index (χ3n) is 3.71. The molecule has 1 N–H and O–H groups in total. The molecule has 0 saturated heterocycles. The van der Waals surface area contributed by atoms with Gasteiger partial charge in [0, 0.05) is 10.6 Å². The number of carbonyl (C=O) groups excluding carboxylic acids is 1. The minimum atomic E-state index is -0.0411. The lowest BCUT2D eigenvalue weighted by atomic mass is 10.1. The van der Waals surface area contributed by atoms with E-state index in [9.17, 15) is 4.79 Å². The molecule has 0 saturated carbocycles. The molecule has 0 spiro atoms. The average Bonchev–Trinajstić information content (AvgIpc) is 2.69. The molecule has 26 heavy (non-hydrogen) atoms. The van der Waals surface area contributed by atoms with Crippen LogP contribution in [-0.2, 0) is 11.2 Å². The first-order valence-corrected chi connectivity index (χ1v) is 9.45. The van der Waals surface area contributed by atoms with Gasteiger partial charge in [-0.05, 0) is 60.4 Å². The summed E-state index contributed by atoms with van der Waals surface area (Å²) in [5, 5.41) is 11.3. The molecule has 0 fully saturated rings. The fraction of sp³-hybridized carbons (Fsp3) is 0.0952. The number of amides is 1. The first kappa shape index (κ1) is 17.9. The molecule has 0 aliphatic heterocycles. The Morgan fingerprint density at radius 2 is 1.46 bits per heavy atom. The van der Waals surface area contributed by atoms with Gasteiger partial charge in [-0.25, -0.2) is 0 Å². The Balaban J connectivity index is 1.56. The smallest absolute Gasteiger partial charge is 0.228 e. The Hall–Kier alpha value is -2.92. The summed E-state index contributed by atoms with van der Waals surface area (Å²) in [6.45, 7) is 0. The highest BCUT2D eigenvalue weighted by atomic mass is 32.2. The monoisotopic (exact) mass is 361 g/mol. The van der Waals surface area contributed by atoms with Crippen LogP contribution in [0.15, 0.2) is 94.0 Å². The van der Waals surface area contributed by atoms with Gasteiger partial charge >= 0.3 is 0 Å². The van der Waals surface area contributed by atoms with Gasteiger partial charge in [0.15, 0.2) is 0 Å². The van der Waals surface area contributed by atoms with Gasteiger partial charge in [-0.15, -0.1) is 11.8 Å². The molecule has 0 aromatic heterocycles. The Labute approximate surface area is 157 Å². The van der Waals surface area contributed by atoms with E-state index < -0.39 is 0 Å². The highest BCUT2D eigenvalue weighted by Crippen LogP contribution is 2.20. The molecule has 0 unspecified atom stereocenters. The van der Waals surface area contributed by atoms with Crippen molar-refractivity contribution in [1.29, 1.82) is 0 Å². The van der Waals surface area contributed by atoms with E-state index in [-0.39, 0.29) is 5.91 Å². The molecule has 130 valence electrons. The zero-order valence-corrected chi connectivity index (χ0v) is 15.2. The zero-order chi connectivity index (χ0) is 18.2. The van der Waals surface area contributed by atoms with E-state index in [4.69, 9.17) is 0 Å². The van der Waals surface area contributed by atoms with Crippen LogP contribution in [-0.4, -0.2) is 12.2 Å². The van der Waals surface area contributed by atoms with Crippen LogP contribution in [0.25, 0.3) is 0 Å². The van der Waals surface area contributed by atoms with Gasteiger partial charge in [0.1, 0.15) is 0 Å². The average molecular weight is 361 g/mol. The van der Waals surface area contributed by atoms with Gasteiger partial charge in [-0.1, -0.05) is 30.3 Å². The Morgan fingerprint density at radius 3 is 2.08 bits per heavy atom. The van der Waals surface area contributed by atoms with E-state index in [1.807, 2.05) is 85.1 Å². The molecule has 1 amide bonds. The summed E-state index contributed by atoms with van der Waals surface area (Å²) < 4.78 is 0. The second-order valence-electron chi connectivity index (χ2n) is 5.66. The van der Waals surface area contributed by atoms with Crippen LogP contribution in [0.3, 0.4) is 0 Å². The fourth-order valence-corrected chi connectivity index (χ4v) is 2.76. The summed E-state index contributed by atoms with van der Waals surface area (Å²) in [5.41, 5.74) is 3.28. The zero-order valence-electron chi connectivity index (χ0n) is 14.4. The molecular weight excluding hydrogens is 342 g/mol. The molecule has 0 aliphatic rings. The van der Waals surface area contributed by atoms with Crippen molar-refractivity contribution in [3.8, 4) is 0 Å². The standard InChI is InChI=1S/C21H19N3OS/c1-26-20-13-7-16(8-14-20)15-21(25)22-17-9-11-19(12-10-17)24-23-18-5-3-2-4-6-18/h2-14H,15H2,1H3,(H,22,25). The Bertz CT molecular complexity index is 875. The number of anilines is 1. The quantitative estimate of drug-likeness (QED) is 0.432. The van der Waals surface area contributed by atoms with Crippen molar-refractivity contribution in [2.75, 3.05) is 11.6 Å². The predicted molar refractivity (Wildman–Crippen MR) is 108 cm³/mol. The van der Waals surface area contributed by atoms with E-state index in [2.05, 4.69) is 15.5 Å². The molecule has 4 nitrogen and oxygen atoms in total. The molecule has 3 aromatic carbocycles. The van der Waals surface area contributed by atoms with Gasteiger partial charge in [0.25, 0.3) is 0 Å². The van der Waals surface area contributed by atoms with Crippen molar-refractivity contribution in [3.05, 3.63) is 84.4 Å². The maximum absolute atomic E-state index is 12.2. The fourth-order valence-electron chi connectivity index (χ4n) is 2.36. The van der Waals surface area contributed by atoms with Gasteiger partial charge < -0.3 is 5.32 Å². The molecule has 0 aliphatic carbocycles. The first-order valence-electron chi connectivity index (χ1n) is 8.22. The lowest BCUT2D eigenvalue weighted by Crippen LogP contribution is -2.14. The summed E-state index contributed by atoms with van der Waals surface area (Å²) >= 11 is 1.69. The normalized spacial score (nSPS) is 10.8. The lowest BCUT2D eigenvalue weighted by molar-refractivity contribution is -0.115. The van der Waals surface area contributed by atoms with Crippen molar-refractivity contribution in [2.24, 2.45) is 10.2 Å². The molecule has 3 aromatic rings. The third kappa shape index (κ3) is 5.29. The van der Waals surface area contributed by atoms with E-state index in [1.54, 1.807) is 11.8 Å². The molecular formula is C21H19N3OS. The molecule has 5 heteroatoms. The second-order valence-corrected chi connectivity index (χ2v) is 6.54. The van der Waals surface area contributed by atoms with Gasteiger partial charge in [0.05, 0.1) is 17.8 Å². The molecule has 0 bridgehead atoms. The van der Waals surface area contributed by atoms with Crippen LogP contribution in [0.1, 0.15) is 5.56 Å². The van der Waals surface area contributed by atoms with Gasteiger partial charge in [0.2, 0.25) is 5.91 Å². The van der Waals surface area contributed by atoms with E-state index in [0.717, 1.165) is 22.6 Å². The highest BCUT2D eigenvalue weighted by Gasteiger charge is 2.04. The third-order valence-corrected chi connectivity index (χ3v) is 4.46. The van der Waals surface area contributed by atoms with E-state index in [1.165, 1.54) is 4.90 Å². The van der Waals surface area contributed by atoms with Crippen molar-refractivity contribution < 1.29 is 4.79 Å². The van der Waals surface area contributed by atoms with Gasteiger partial charge in [-0.3, -0.25) is 4.79 Å². The molecule has 0 radical (unpaired) electrons. The van der Waals surface area contributed by atoms with Crippen LogP contribution in [0.4, 0.5) is 17.1 Å². The number of rotatable bonds is 6. The van der Waals surface area contributed by atoms with Crippen molar-refractivity contribution in [2.45, 2.75) is 11.3 Å². The first-order chi connectivity index (χ1) is 12.7. The largest absolute Gasteiger partial charge is 0.326 e. The number of carbonyl (C=O) groups is 1. The maximum Gasteiger partial charge on any atom is 0.228 e. The van der Waals surface area contributed by atoms with Crippen LogP contribution >= 0.6 is 11.8 Å². The summed E-state index contributed by atoms with van der Waals surface area (Å²) in [5.74, 6) is -0.0411. The van der Waals surface area contributed by atoms with E-state index >= 15 is 0 Å². The number of azo groups is 1. The van der Waals surface area contributed by atoms with Crippen LogP contribution < -0.4 is 5.32 Å². The number of benzene rings is 3. The predicted octanol–water partition coefficient (Wildman–Crippen LogP) is 6.01. The van der Waals surface area contributed by atoms with Crippen LogP contribution in [0.5, 0.6) is 0 Å². The summed E-state index contributed by atoms with van der Waals surface area (Å²) in [6.07, 6.45) is 2.38. The lowest BCUT2D eigenvalue weighted by Gasteiger charge is -2.06. The summed E-state index contributed by atoms with van der Waals surface area (Å²) in [4.78, 5) is 13.4. The van der Waals surface area contributed by atoms with Crippen molar-refractivity contribution in [3.63, 3.8) is 0 Å². The maximum atomic E-state index is 12.2. The van der Waals surface area contributed by atoms with Crippen LogP contribution in [0, 0.1) is 0 Å². The number of nitrogens with one attached hydrogen (secondary N) is 1. The number of hydrogen-bond acceptors (Lipinski definition) is 4. The highest BCUT2D eigenvalue weighted by molar-refractivity contribution is 7.98. The second kappa shape index (κ2) is 8.97. The molecule has 0 heterocycles. The van der Waals surface area contributed by atoms with E-state index in [0.29, 0.717) is 6.42 Å². The molecule has 0 atom stereocenters. The topological polar surface area (TPSA) is 53.8 Å². The SMILES string of the molecule is CSc1ccc(CC(=O)Nc2ccc(N=Nc3ccccc3)cc2)cc1. The minimum Gasteiger partial charge on any atom is -0.326 e. The minimum absolute atomic E-state index is 0.0411. The van der Waals surface area contributed by atoms with Crippen molar-refractivity contribution >= 4 is 34.7 Å². The molecule has 3 rings (SSSR count). The Morgan fingerprint density at radius 1 is 0.846 bits per heavy atom. The Kier molecular flexibility index (Phi) is 6.17. The van der Waals surface area contributed by atoms with Crippen molar-refractivity contribution in [1.82, 2.24) is 0 Å². The summed E-state index contributed by atoms with van der Waals surface area (Å²) in [7, 11) is 0. The number of nitrogens with zero attached hydrogens (tertiary/aromatic N) is 2. The van der Waals surface area contributed by atoms with Crippen LogP contribution in [0.2, 0.25) is 0 Å². The number of thioether (sulfide) groups is 1. The number of hydrogen-bond donors (Lipinski definition) is 1. The van der Waals surface area contributed by atoms with Gasteiger partial charge in [-0.2, -0.15) is 10.2 Å². The summed E-state index contributed by atoms with van der Waals surface area (Å²) in [6, 6.07) is 24.9.